The van der Waals surface area contributed by atoms with E-state index in [2.05, 4.69) is 0 Å². The molecule has 0 aliphatic heterocycles. The third kappa shape index (κ3) is 3.46. The van der Waals surface area contributed by atoms with Crippen molar-refractivity contribution in [2.45, 2.75) is 19.4 Å². The first kappa shape index (κ1) is 10.6. The Morgan fingerprint density at radius 3 is 2.57 bits per heavy atom. The zero-order valence-electron chi connectivity index (χ0n) is 8.23. The van der Waals surface area contributed by atoms with Crippen LogP contribution in [0.25, 0.3) is 0 Å². The summed E-state index contributed by atoms with van der Waals surface area (Å²) in [6, 6.07) is 9.74. The second-order valence-electron chi connectivity index (χ2n) is 3.27. The van der Waals surface area contributed by atoms with Crippen LogP contribution in [0.5, 0.6) is 5.75 Å². The minimum atomic E-state index is 0.0899. The molecule has 14 heavy (non-hydrogen) atoms. The molecule has 1 atom stereocenters. The van der Waals surface area contributed by atoms with Crippen molar-refractivity contribution in [3.05, 3.63) is 29.8 Å². The summed E-state index contributed by atoms with van der Waals surface area (Å²) in [5, 5.41) is 8.31. The summed E-state index contributed by atoms with van der Waals surface area (Å²) in [6.45, 7) is 2.06. The van der Waals surface area contributed by atoms with Crippen LogP contribution in [0.2, 0.25) is 0 Å². The van der Waals surface area contributed by atoms with Gasteiger partial charge in [0.1, 0.15) is 11.8 Å². The van der Waals surface area contributed by atoms with Gasteiger partial charge in [-0.25, -0.2) is 0 Å². The van der Waals surface area contributed by atoms with Gasteiger partial charge in [0.15, 0.2) is 6.61 Å². The molecule has 1 rings (SSSR count). The lowest BCUT2D eigenvalue weighted by Crippen LogP contribution is -2.17. The molecule has 1 aromatic rings. The molecule has 0 bridgehead atoms. The first-order chi connectivity index (χ1) is 6.72. The van der Waals surface area contributed by atoms with Crippen LogP contribution in [0, 0.1) is 11.3 Å². The lowest BCUT2D eigenvalue weighted by molar-refractivity contribution is 0.368. The van der Waals surface area contributed by atoms with E-state index < -0.39 is 0 Å². The Hall–Kier alpha value is -1.53. The summed E-state index contributed by atoms with van der Waals surface area (Å²) >= 11 is 0. The fourth-order valence-corrected chi connectivity index (χ4v) is 1.21. The topological polar surface area (TPSA) is 59.0 Å². The van der Waals surface area contributed by atoms with Crippen molar-refractivity contribution in [1.82, 2.24) is 0 Å². The van der Waals surface area contributed by atoms with Crippen molar-refractivity contribution in [1.29, 1.82) is 5.26 Å². The Labute approximate surface area is 84.1 Å². The van der Waals surface area contributed by atoms with Crippen molar-refractivity contribution in [2.24, 2.45) is 5.73 Å². The minimum absolute atomic E-state index is 0.0899. The average Bonchev–Trinajstić information content (AvgIpc) is 2.16. The molecule has 0 radical (unpaired) electrons. The van der Waals surface area contributed by atoms with E-state index in [4.69, 9.17) is 15.7 Å². The van der Waals surface area contributed by atoms with E-state index in [1.807, 2.05) is 37.3 Å². The summed E-state index contributed by atoms with van der Waals surface area (Å²) in [7, 11) is 0. The second kappa shape index (κ2) is 5.25. The molecular formula is C11H14N2O. The van der Waals surface area contributed by atoms with Crippen LogP contribution < -0.4 is 10.5 Å². The van der Waals surface area contributed by atoms with Gasteiger partial charge in [-0.3, -0.25) is 0 Å². The lowest BCUT2D eigenvalue weighted by atomic mass is 10.1. The smallest absolute Gasteiger partial charge is 0.174 e. The molecule has 0 saturated carbocycles. The van der Waals surface area contributed by atoms with Crippen LogP contribution in [0.3, 0.4) is 0 Å². The van der Waals surface area contributed by atoms with Gasteiger partial charge in [-0.2, -0.15) is 5.26 Å². The number of hydrogen-bond acceptors (Lipinski definition) is 3. The predicted octanol–water partition coefficient (Wildman–Crippen LogP) is 1.48. The van der Waals surface area contributed by atoms with Gasteiger partial charge in [-0.15, -0.1) is 0 Å². The molecule has 0 fully saturated rings. The Balaban J connectivity index is 2.56. The van der Waals surface area contributed by atoms with Gasteiger partial charge in [-0.1, -0.05) is 12.1 Å². The number of nitrogens with zero attached hydrogens (tertiary/aromatic N) is 1. The maximum atomic E-state index is 8.31. The van der Waals surface area contributed by atoms with Crippen LogP contribution in [0.1, 0.15) is 12.5 Å². The van der Waals surface area contributed by atoms with E-state index in [-0.39, 0.29) is 12.6 Å². The number of nitrogens with two attached hydrogens (primary N) is 1. The van der Waals surface area contributed by atoms with Crippen LogP contribution in [0.4, 0.5) is 0 Å². The van der Waals surface area contributed by atoms with E-state index >= 15 is 0 Å². The molecule has 0 saturated heterocycles. The van der Waals surface area contributed by atoms with Crippen molar-refractivity contribution < 1.29 is 4.74 Å². The quantitative estimate of drug-likeness (QED) is 0.782. The van der Waals surface area contributed by atoms with Crippen LogP contribution >= 0.6 is 0 Å². The molecule has 0 spiro atoms. The fourth-order valence-electron chi connectivity index (χ4n) is 1.21. The van der Waals surface area contributed by atoms with Gasteiger partial charge >= 0.3 is 0 Å². The van der Waals surface area contributed by atoms with Gasteiger partial charge < -0.3 is 10.5 Å². The summed E-state index contributed by atoms with van der Waals surface area (Å²) in [6.07, 6.45) is 0.860. The maximum Gasteiger partial charge on any atom is 0.174 e. The Morgan fingerprint density at radius 1 is 1.43 bits per heavy atom. The summed E-state index contributed by atoms with van der Waals surface area (Å²) < 4.78 is 5.12. The molecule has 0 aromatic heterocycles. The predicted molar refractivity (Wildman–Crippen MR) is 54.9 cm³/mol. The Bertz CT molecular complexity index is 311. The molecule has 0 heterocycles. The van der Waals surface area contributed by atoms with Crippen molar-refractivity contribution in [3.8, 4) is 11.8 Å². The molecular weight excluding hydrogens is 176 g/mol. The third-order valence-electron chi connectivity index (χ3n) is 1.78. The minimum Gasteiger partial charge on any atom is -0.479 e. The van der Waals surface area contributed by atoms with Crippen LogP contribution in [-0.2, 0) is 6.42 Å². The number of rotatable bonds is 4. The van der Waals surface area contributed by atoms with Crippen molar-refractivity contribution in [2.75, 3.05) is 6.61 Å². The average molecular weight is 190 g/mol. The van der Waals surface area contributed by atoms with Gasteiger partial charge in [0.05, 0.1) is 0 Å². The Morgan fingerprint density at radius 2 is 2.07 bits per heavy atom. The highest BCUT2D eigenvalue weighted by Gasteiger charge is 1.98. The molecule has 1 aromatic carbocycles. The number of ether oxygens (including phenoxy) is 1. The highest BCUT2D eigenvalue weighted by atomic mass is 16.5. The van der Waals surface area contributed by atoms with Gasteiger partial charge in [-0.05, 0) is 31.0 Å². The SMILES string of the molecule is CC(N)Cc1ccc(OCC#N)cc1. The zero-order valence-corrected chi connectivity index (χ0v) is 8.23. The fraction of sp³-hybridized carbons (Fsp3) is 0.364. The monoisotopic (exact) mass is 190 g/mol. The summed E-state index contributed by atoms with van der Waals surface area (Å²) in [4.78, 5) is 0. The van der Waals surface area contributed by atoms with Gasteiger partial charge in [0.2, 0.25) is 0 Å². The standard InChI is InChI=1S/C11H14N2O/c1-9(13)8-10-2-4-11(5-3-10)14-7-6-12/h2-5,9H,7-8,13H2,1H3. The number of benzene rings is 1. The third-order valence-corrected chi connectivity index (χ3v) is 1.78. The zero-order chi connectivity index (χ0) is 10.4. The van der Waals surface area contributed by atoms with Crippen molar-refractivity contribution >= 4 is 0 Å². The van der Waals surface area contributed by atoms with E-state index in [1.54, 1.807) is 0 Å². The van der Waals surface area contributed by atoms with Crippen molar-refractivity contribution in [3.63, 3.8) is 0 Å². The lowest BCUT2D eigenvalue weighted by Gasteiger charge is -2.06. The highest BCUT2D eigenvalue weighted by Crippen LogP contribution is 2.12. The summed E-state index contributed by atoms with van der Waals surface area (Å²) in [5.41, 5.74) is 6.85. The maximum absolute atomic E-state index is 8.31. The van der Waals surface area contributed by atoms with E-state index in [0.29, 0.717) is 0 Å². The van der Waals surface area contributed by atoms with Gasteiger partial charge in [0, 0.05) is 6.04 Å². The van der Waals surface area contributed by atoms with E-state index in [0.717, 1.165) is 12.2 Å². The first-order valence-electron chi connectivity index (χ1n) is 4.56. The number of nitriles is 1. The molecule has 2 N–H and O–H groups in total. The van der Waals surface area contributed by atoms with E-state index in [1.165, 1.54) is 5.56 Å². The molecule has 1 unspecified atom stereocenters. The highest BCUT2D eigenvalue weighted by molar-refractivity contribution is 5.27. The largest absolute Gasteiger partial charge is 0.479 e. The normalized spacial score (nSPS) is 11.8. The number of hydrogen-bond donors (Lipinski definition) is 1. The molecule has 3 heteroatoms. The second-order valence-corrected chi connectivity index (χ2v) is 3.27. The van der Waals surface area contributed by atoms with Crippen LogP contribution in [0.15, 0.2) is 24.3 Å². The molecule has 0 amide bonds. The van der Waals surface area contributed by atoms with Gasteiger partial charge in [0.25, 0.3) is 0 Å². The Kier molecular flexibility index (Phi) is 3.96. The first-order valence-corrected chi connectivity index (χ1v) is 4.56. The molecule has 74 valence electrons. The molecule has 3 nitrogen and oxygen atoms in total. The van der Waals surface area contributed by atoms with E-state index in [9.17, 15) is 0 Å². The molecule has 0 aliphatic carbocycles. The summed E-state index contributed by atoms with van der Waals surface area (Å²) in [5.74, 6) is 0.722. The molecule has 0 aliphatic rings. The van der Waals surface area contributed by atoms with Crippen LogP contribution in [-0.4, -0.2) is 12.6 Å².